The number of aryl methyl sites for hydroxylation is 3. The van der Waals surface area contributed by atoms with Crippen molar-refractivity contribution in [3.8, 4) is 11.3 Å². The summed E-state index contributed by atoms with van der Waals surface area (Å²) in [6.07, 6.45) is 2.10. The van der Waals surface area contributed by atoms with Crippen molar-refractivity contribution < 1.29 is 0 Å². The molecule has 3 aromatic rings. The predicted octanol–water partition coefficient (Wildman–Crippen LogP) is 2.47. The van der Waals surface area contributed by atoms with Crippen LogP contribution in [0.1, 0.15) is 5.56 Å². The number of aromatic nitrogens is 3. The van der Waals surface area contributed by atoms with Gasteiger partial charge >= 0.3 is 0 Å². The molecule has 2 aromatic heterocycles. The summed E-state index contributed by atoms with van der Waals surface area (Å²) < 4.78 is 3.82. The highest BCUT2D eigenvalue weighted by molar-refractivity contribution is 5.95. The van der Waals surface area contributed by atoms with E-state index in [1.165, 1.54) is 16.5 Å². The van der Waals surface area contributed by atoms with Crippen molar-refractivity contribution in [1.29, 1.82) is 0 Å². The average Bonchev–Trinajstić information content (AvgIpc) is 2.82. The molecular weight excluding hydrogens is 224 g/mol. The van der Waals surface area contributed by atoms with Crippen LogP contribution >= 0.6 is 0 Å². The van der Waals surface area contributed by atoms with Gasteiger partial charge < -0.3 is 10.3 Å². The molecule has 0 aliphatic rings. The quantitative estimate of drug-likeness (QED) is 0.710. The van der Waals surface area contributed by atoms with Crippen molar-refractivity contribution in [3.63, 3.8) is 0 Å². The van der Waals surface area contributed by atoms with Crippen LogP contribution < -0.4 is 5.73 Å². The maximum absolute atomic E-state index is 5.85. The number of hydrogen-bond acceptors (Lipinski definition) is 2. The molecule has 0 atom stereocenters. The van der Waals surface area contributed by atoms with E-state index in [0.29, 0.717) is 5.82 Å². The minimum atomic E-state index is 0.675. The molecule has 0 spiro atoms. The smallest absolute Gasteiger partial charge is 0.121 e. The summed E-state index contributed by atoms with van der Waals surface area (Å²) in [7, 11) is 3.91. The number of nitrogens with zero attached hydrogens (tertiary/aromatic N) is 3. The summed E-state index contributed by atoms with van der Waals surface area (Å²) >= 11 is 0. The SMILES string of the molecule is Cc1ccc2c(-c3cc(N)n(C)n3)cn(C)c2c1. The average molecular weight is 240 g/mol. The molecule has 0 unspecified atom stereocenters. The van der Waals surface area contributed by atoms with Gasteiger partial charge in [0.1, 0.15) is 5.82 Å². The Kier molecular flexibility index (Phi) is 2.20. The maximum atomic E-state index is 5.85. The Bertz CT molecular complexity index is 714. The Morgan fingerprint density at radius 2 is 1.94 bits per heavy atom. The van der Waals surface area contributed by atoms with Gasteiger partial charge in [0.15, 0.2) is 0 Å². The van der Waals surface area contributed by atoms with Gasteiger partial charge in [-0.3, -0.25) is 4.68 Å². The topological polar surface area (TPSA) is 48.8 Å². The molecule has 4 nitrogen and oxygen atoms in total. The predicted molar refractivity (Wildman–Crippen MR) is 74.3 cm³/mol. The van der Waals surface area contributed by atoms with E-state index in [1.54, 1.807) is 4.68 Å². The maximum Gasteiger partial charge on any atom is 0.121 e. The third kappa shape index (κ3) is 1.49. The van der Waals surface area contributed by atoms with Gasteiger partial charge in [0.25, 0.3) is 0 Å². The first-order chi connectivity index (χ1) is 8.56. The third-order valence-electron chi connectivity index (χ3n) is 3.34. The highest BCUT2D eigenvalue weighted by Gasteiger charge is 2.12. The number of fused-ring (bicyclic) bond motifs is 1. The van der Waals surface area contributed by atoms with Crippen molar-refractivity contribution in [2.75, 3.05) is 5.73 Å². The molecule has 0 amide bonds. The van der Waals surface area contributed by atoms with Crippen LogP contribution in [-0.2, 0) is 14.1 Å². The highest BCUT2D eigenvalue weighted by atomic mass is 15.3. The number of anilines is 1. The van der Waals surface area contributed by atoms with Crippen molar-refractivity contribution in [1.82, 2.24) is 14.3 Å². The van der Waals surface area contributed by atoms with Crippen molar-refractivity contribution in [3.05, 3.63) is 36.0 Å². The zero-order valence-corrected chi connectivity index (χ0v) is 10.8. The second-order valence-corrected chi connectivity index (χ2v) is 4.75. The number of rotatable bonds is 1. The summed E-state index contributed by atoms with van der Waals surface area (Å²) in [5.74, 6) is 0.675. The van der Waals surface area contributed by atoms with Crippen LogP contribution in [0, 0.1) is 6.92 Å². The van der Waals surface area contributed by atoms with E-state index in [-0.39, 0.29) is 0 Å². The molecule has 0 radical (unpaired) electrons. The fourth-order valence-corrected chi connectivity index (χ4v) is 2.31. The molecule has 92 valence electrons. The molecule has 4 heteroatoms. The summed E-state index contributed by atoms with van der Waals surface area (Å²) in [4.78, 5) is 0. The molecule has 0 saturated carbocycles. The van der Waals surface area contributed by atoms with Crippen LogP contribution in [-0.4, -0.2) is 14.3 Å². The summed E-state index contributed by atoms with van der Waals surface area (Å²) in [5.41, 5.74) is 10.4. The molecule has 0 aliphatic carbocycles. The molecule has 18 heavy (non-hydrogen) atoms. The van der Waals surface area contributed by atoms with Gasteiger partial charge in [0, 0.05) is 42.8 Å². The normalized spacial score (nSPS) is 11.3. The first-order valence-electron chi connectivity index (χ1n) is 5.92. The van der Waals surface area contributed by atoms with Gasteiger partial charge in [-0.25, -0.2) is 0 Å². The minimum Gasteiger partial charge on any atom is -0.384 e. The Balaban J connectivity index is 2.30. The zero-order chi connectivity index (χ0) is 12.9. The molecule has 0 fully saturated rings. The summed E-state index contributed by atoms with van der Waals surface area (Å²) in [6.45, 7) is 2.10. The van der Waals surface area contributed by atoms with Crippen molar-refractivity contribution >= 4 is 16.7 Å². The zero-order valence-electron chi connectivity index (χ0n) is 10.8. The van der Waals surface area contributed by atoms with Gasteiger partial charge in [0.2, 0.25) is 0 Å². The first-order valence-corrected chi connectivity index (χ1v) is 5.92. The molecule has 0 bridgehead atoms. The highest BCUT2D eigenvalue weighted by Crippen LogP contribution is 2.30. The Morgan fingerprint density at radius 1 is 1.17 bits per heavy atom. The van der Waals surface area contributed by atoms with Gasteiger partial charge in [-0.15, -0.1) is 0 Å². The fraction of sp³-hybridized carbons (Fsp3) is 0.214. The molecule has 0 saturated heterocycles. The second-order valence-electron chi connectivity index (χ2n) is 4.75. The summed E-state index contributed by atoms with van der Waals surface area (Å²) in [6, 6.07) is 8.36. The van der Waals surface area contributed by atoms with E-state index in [1.807, 2.05) is 13.1 Å². The minimum absolute atomic E-state index is 0.675. The second kappa shape index (κ2) is 3.63. The molecular formula is C14H16N4. The van der Waals surface area contributed by atoms with Crippen molar-refractivity contribution in [2.45, 2.75) is 6.92 Å². The van der Waals surface area contributed by atoms with E-state index in [9.17, 15) is 0 Å². The molecule has 0 aliphatic heterocycles. The standard InChI is InChI=1S/C14H16N4/c1-9-4-5-10-11(8-17(2)13(10)6-9)12-7-14(15)18(3)16-12/h4-8H,15H2,1-3H3. The molecule has 2 heterocycles. The third-order valence-corrected chi connectivity index (χ3v) is 3.34. The Hall–Kier alpha value is -2.23. The Labute approximate surface area is 106 Å². The van der Waals surface area contributed by atoms with Crippen LogP contribution in [0.2, 0.25) is 0 Å². The number of nitrogen functional groups attached to an aromatic ring is 1. The van der Waals surface area contributed by atoms with E-state index in [2.05, 4.69) is 48.0 Å². The van der Waals surface area contributed by atoms with Gasteiger partial charge in [0.05, 0.1) is 5.69 Å². The van der Waals surface area contributed by atoms with Gasteiger partial charge in [-0.2, -0.15) is 5.10 Å². The lowest BCUT2D eigenvalue weighted by Crippen LogP contribution is -1.96. The van der Waals surface area contributed by atoms with Gasteiger partial charge in [-0.1, -0.05) is 12.1 Å². The largest absolute Gasteiger partial charge is 0.384 e. The number of benzene rings is 1. The van der Waals surface area contributed by atoms with E-state index in [4.69, 9.17) is 5.73 Å². The molecule has 2 N–H and O–H groups in total. The fourth-order valence-electron chi connectivity index (χ4n) is 2.31. The first kappa shape index (κ1) is 10.9. The van der Waals surface area contributed by atoms with Crippen LogP contribution in [0.15, 0.2) is 30.5 Å². The van der Waals surface area contributed by atoms with E-state index >= 15 is 0 Å². The lowest BCUT2D eigenvalue weighted by Gasteiger charge is -1.97. The molecule has 3 rings (SSSR count). The van der Waals surface area contributed by atoms with Crippen LogP contribution in [0.25, 0.3) is 22.2 Å². The monoisotopic (exact) mass is 240 g/mol. The van der Waals surface area contributed by atoms with Crippen LogP contribution in [0.3, 0.4) is 0 Å². The summed E-state index contributed by atoms with van der Waals surface area (Å²) in [5, 5.41) is 5.65. The van der Waals surface area contributed by atoms with Crippen molar-refractivity contribution in [2.24, 2.45) is 14.1 Å². The Morgan fingerprint density at radius 3 is 2.61 bits per heavy atom. The molecule has 1 aromatic carbocycles. The van der Waals surface area contributed by atoms with Crippen LogP contribution in [0.4, 0.5) is 5.82 Å². The lowest BCUT2D eigenvalue weighted by molar-refractivity contribution is 0.782. The van der Waals surface area contributed by atoms with Crippen LogP contribution in [0.5, 0.6) is 0 Å². The number of hydrogen-bond donors (Lipinski definition) is 1. The van der Waals surface area contributed by atoms with E-state index < -0.39 is 0 Å². The van der Waals surface area contributed by atoms with E-state index in [0.717, 1.165) is 11.3 Å². The number of nitrogens with two attached hydrogens (primary N) is 1. The lowest BCUT2D eigenvalue weighted by atomic mass is 10.1. The van der Waals surface area contributed by atoms with Gasteiger partial charge in [-0.05, 0) is 18.6 Å².